The van der Waals surface area contributed by atoms with Crippen molar-refractivity contribution in [3.63, 3.8) is 0 Å². The second-order valence-corrected chi connectivity index (χ2v) is 5.29. The summed E-state index contributed by atoms with van der Waals surface area (Å²) in [7, 11) is 0. The van der Waals surface area contributed by atoms with E-state index in [0.717, 1.165) is 22.4 Å². The van der Waals surface area contributed by atoms with Gasteiger partial charge in [0, 0.05) is 5.56 Å². The summed E-state index contributed by atoms with van der Waals surface area (Å²) in [5.41, 5.74) is 6.03. The largest absolute Gasteiger partial charge is 0.507 e. The Morgan fingerprint density at radius 2 is 1.87 bits per heavy atom. The highest BCUT2D eigenvalue weighted by molar-refractivity contribution is 5.85. The molecule has 23 heavy (non-hydrogen) atoms. The van der Waals surface area contributed by atoms with Crippen LogP contribution >= 0.6 is 0 Å². The van der Waals surface area contributed by atoms with Crippen molar-refractivity contribution in [1.29, 1.82) is 0 Å². The zero-order valence-corrected chi connectivity index (χ0v) is 13.5. The topological polar surface area (TPSA) is 70.9 Å². The molecule has 0 aliphatic heterocycles. The van der Waals surface area contributed by atoms with Gasteiger partial charge in [0.05, 0.1) is 6.21 Å². The predicted octanol–water partition coefficient (Wildman–Crippen LogP) is 2.85. The van der Waals surface area contributed by atoms with Crippen LogP contribution in [0, 0.1) is 20.8 Å². The summed E-state index contributed by atoms with van der Waals surface area (Å²) in [6.45, 7) is 5.78. The lowest BCUT2D eigenvalue weighted by atomic mass is 10.1. The number of nitrogens with one attached hydrogen (secondary N) is 1. The quantitative estimate of drug-likeness (QED) is 0.659. The van der Waals surface area contributed by atoms with E-state index in [9.17, 15) is 9.90 Å². The second-order valence-electron chi connectivity index (χ2n) is 5.29. The molecule has 0 aromatic heterocycles. The van der Waals surface area contributed by atoms with Crippen molar-refractivity contribution in [3.8, 4) is 11.5 Å². The van der Waals surface area contributed by atoms with Gasteiger partial charge < -0.3 is 9.84 Å². The normalized spacial score (nSPS) is 10.7. The Morgan fingerprint density at radius 1 is 1.17 bits per heavy atom. The fraction of sp³-hybridized carbons (Fsp3) is 0.222. The lowest BCUT2D eigenvalue weighted by molar-refractivity contribution is -0.123. The maximum absolute atomic E-state index is 11.8. The van der Waals surface area contributed by atoms with Gasteiger partial charge in [-0.05, 0) is 49.6 Å². The lowest BCUT2D eigenvalue weighted by Crippen LogP contribution is -2.25. The van der Waals surface area contributed by atoms with E-state index in [2.05, 4.69) is 10.5 Å². The molecule has 0 unspecified atom stereocenters. The van der Waals surface area contributed by atoms with Crippen LogP contribution in [0.4, 0.5) is 0 Å². The van der Waals surface area contributed by atoms with Gasteiger partial charge >= 0.3 is 0 Å². The third-order valence-electron chi connectivity index (χ3n) is 3.55. The number of benzene rings is 2. The van der Waals surface area contributed by atoms with Crippen LogP contribution in [0.2, 0.25) is 0 Å². The van der Waals surface area contributed by atoms with Gasteiger partial charge in [-0.3, -0.25) is 4.79 Å². The Kier molecular flexibility index (Phi) is 5.36. The molecule has 120 valence electrons. The van der Waals surface area contributed by atoms with Crippen LogP contribution in [0.5, 0.6) is 11.5 Å². The molecular formula is C18H20N2O3. The standard InChI is InChI=1S/C18H20N2O3/c1-12-8-9-13(2)18(14(12)3)23-11-17(22)20-19-10-15-6-4-5-7-16(15)21/h4-10,21H,11H2,1-3H3,(H,20,22). The summed E-state index contributed by atoms with van der Waals surface area (Å²) in [6.07, 6.45) is 1.39. The van der Waals surface area contributed by atoms with Crippen molar-refractivity contribution in [1.82, 2.24) is 5.43 Å². The SMILES string of the molecule is Cc1ccc(C)c(OCC(=O)NN=Cc2ccccc2O)c1C. The molecule has 0 aliphatic rings. The van der Waals surface area contributed by atoms with E-state index < -0.39 is 0 Å². The Bertz CT molecular complexity index is 739. The molecule has 0 spiro atoms. The minimum absolute atomic E-state index is 0.104. The average molecular weight is 312 g/mol. The van der Waals surface area contributed by atoms with Gasteiger partial charge in [0.15, 0.2) is 6.61 Å². The van der Waals surface area contributed by atoms with Gasteiger partial charge in [0.1, 0.15) is 11.5 Å². The number of amides is 1. The number of carbonyl (C=O) groups excluding carboxylic acids is 1. The Morgan fingerprint density at radius 3 is 2.61 bits per heavy atom. The van der Waals surface area contributed by atoms with Crippen molar-refractivity contribution < 1.29 is 14.6 Å². The number of hydrogen-bond donors (Lipinski definition) is 2. The highest BCUT2D eigenvalue weighted by atomic mass is 16.5. The molecule has 1 amide bonds. The number of aromatic hydroxyl groups is 1. The van der Waals surface area contributed by atoms with Gasteiger partial charge in [-0.1, -0.05) is 24.3 Å². The van der Waals surface area contributed by atoms with Crippen LogP contribution in [0.3, 0.4) is 0 Å². The summed E-state index contributed by atoms with van der Waals surface area (Å²) in [6, 6.07) is 10.7. The number of phenols is 1. The first-order valence-electron chi connectivity index (χ1n) is 7.28. The summed E-state index contributed by atoms with van der Waals surface area (Å²) in [5, 5.41) is 13.4. The smallest absolute Gasteiger partial charge is 0.277 e. The van der Waals surface area contributed by atoms with Crippen molar-refractivity contribution in [2.75, 3.05) is 6.61 Å². The van der Waals surface area contributed by atoms with E-state index in [1.54, 1.807) is 24.3 Å². The molecular weight excluding hydrogens is 292 g/mol. The van der Waals surface area contributed by atoms with Crippen LogP contribution in [0.25, 0.3) is 0 Å². The van der Waals surface area contributed by atoms with Gasteiger partial charge in [0.25, 0.3) is 5.91 Å². The van der Waals surface area contributed by atoms with Crippen molar-refractivity contribution >= 4 is 12.1 Å². The molecule has 0 fully saturated rings. The van der Waals surface area contributed by atoms with E-state index in [0.29, 0.717) is 5.56 Å². The number of carbonyl (C=O) groups is 1. The number of nitrogens with zero attached hydrogens (tertiary/aromatic N) is 1. The number of phenolic OH excluding ortho intramolecular Hbond substituents is 1. The summed E-state index contributed by atoms with van der Waals surface area (Å²) >= 11 is 0. The molecule has 2 N–H and O–H groups in total. The van der Waals surface area contributed by atoms with Crippen LogP contribution < -0.4 is 10.2 Å². The van der Waals surface area contributed by atoms with Gasteiger partial charge in [0.2, 0.25) is 0 Å². The first-order chi connectivity index (χ1) is 11.0. The molecule has 2 rings (SSSR count). The summed E-state index contributed by atoms with van der Waals surface area (Å²) in [4.78, 5) is 11.8. The molecule has 5 heteroatoms. The molecule has 0 radical (unpaired) electrons. The third-order valence-corrected chi connectivity index (χ3v) is 3.55. The Labute approximate surface area is 135 Å². The van der Waals surface area contributed by atoms with E-state index in [1.807, 2.05) is 32.9 Å². The molecule has 0 heterocycles. The molecule has 0 saturated carbocycles. The highest BCUT2D eigenvalue weighted by Gasteiger charge is 2.08. The van der Waals surface area contributed by atoms with Gasteiger partial charge in [-0.25, -0.2) is 5.43 Å². The zero-order chi connectivity index (χ0) is 16.8. The number of hydrazone groups is 1. The number of rotatable bonds is 5. The first-order valence-corrected chi connectivity index (χ1v) is 7.28. The number of ether oxygens (including phenoxy) is 1. The second kappa shape index (κ2) is 7.45. The summed E-state index contributed by atoms with van der Waals surface area (Å²) < 4.78 is 5.60. The minimum atomic E-state index is -0.364. The van der Waals surface area contributed by atoms with Crippen LogP contribution in [0.15, 0.2) is 41.5 Å². The molecule has 0 bridgehead atoms. The zero-order valence-electron chi connectivity index (χ0n) is 13.5. The number of para-hydroxylation sites is 1. The van der Waals surface area contributed by atoms with Gasteiger partial charge in [-0.2, -0.15) is 5.10 Å². The molecule has 5 nitrogen and oxygen atoms in total. The average Bonchev–Trinajstić information content (AvgIpc) is 2.53. The monoisotopic (exact) mass is 312 g/mol. The molecule has 0 atom stereocenters. The van der Waals surface area contributed by atoms with Crippen molar-refractivity contribution in [2.45, 2.75) is 20.8 Å². The van der Waals surface area contributed by atoms with Crippen molar-refractivity contribution in [2.24, 2.45) is 5.10 Å². The maximum atomic E-state index is 11.8. The number of hydrogen-bond acceptors (Lipinski definition) is 4. The fourth-order valence-corrected chi connectivity index (χ4v) is 2.09. The van der Waals surface area contributed by atoms with Gasteiger partial charge in [-0.15, -0.1) is 0 Å². The maximum Gasteiger partial charge on any atom is 0.277 e. The van der Waals surface area contributed by atoms with E-state index >= 15 is 0 Å². The molecule has 2 aromatic carbocycles. The highest BCUT2D eigenvalue weighted by Crippen LogP contribution is 2.25. The number of aryl methyl sites for hydroxylation is 2. The van der Waals surface area contributed by atoms with Crippen LogP contribution in [-0.4, -0.2) is 23.8 Å². The predicted molar refractivity (Wildman–Crippen MR) is 90.0 cm³/mol. The van der Waals surface area contributed by atoms with Crippen LogP contribution in [-0.2, 0) is 4.79 Å². The minimum Gasteiger partial charge on any atom is -0.507 e. The lowest BCUT2D eigenvalue weighted by Gasteiger charge is -2.13. The fourth-order valence-electron chi connectivity index (χ4n) is 2.09. The van der Waals surface area contributed by atoms with E-state index in [-0.39, 0.29) is 18.3 Å². The Hall–Kier alpha value is -2.82. The van der Waals surface area contributed by atoms with E-state index in [4.69, 9.17) is 4.74 Å². The molecule has 0 aliphatic carbocycles. The first kappa shape index (κ1) is 16.5. The van der Waals surface area contributed by atoms with Crippen LogP contribution in [0.1, 0.15) is 22.3 Å². The third kappa shape index (κ3) is 4.32. The van der Waals surface area contributed by atoms with E-state index in [1.165, 1.54) is 6.21 Å². The molecule has 0 saturated heterocycles. The summed E-state index contributed by atoms with van der Waals surface area (Å²) in [5.74, 6) is 0.467. The Balaban J connectivity index is 1.91. The van der Waals surface area contributed by atoms with Crippen molar-refractivity contribution in [3.05, 3.63) is 58.7 Å². The molecule has 2 aromatic rings.